The van der Waals surface area contributed by atoms with E-state index in [2.05, 4.69) is 10.6 Å². The predicted octanol–water partition coefficient (Wildman–Crippen LogP) is 3.28. The van der Waals surface area contributed by atoms with Gasteiger partial charge in [-0.25, -0.2) is 4.79 Å². The Hall–Kier alpha value is -3.51. The van der Waals surface area contributed by atoms with Crippen LogP contribution in [0.2, 0.25) is 5.02 Å². The lowest BCUT2D eigenvalue weighted by Crippen LogP contribution is -2.32. The van der Waals surface area contributed by atoms with E-state index in [4.69, 9.17) is 21.1 Å². The van der Waals surface area contributed by atoms with E-state index in [1.165, 1.54) is 17.4 Å². The van der Waals surface area contributed by atoms with E-state index in [1.54, 1.807) is 12.3 Å². The second-order valence-corrected chi connectivity index (χ2v) is 8.55. The first-order valence-corrected chi connectivity index (χ1v) is 11.4. The van der Waals surface area contributed by atoms with Crippen LogP contribution in [-0.2, 0) is 19.1 Å². The third kappa shape index (κ3) is 6.51. The molecule has 2 amide bonds. The van der Waals surface area contributed by atoms with Gasteiger partial charge in [0.15, 0.2) is 6.61 Å². The SMILES string of the molecule is CCOC(=O)c1c(C2CC2)csc1NC(=O)COC(=O)CNC(=O)c1cc(Cl)cc([N+](=O)[O-])c1. The number of rotatable bonds is 10. The number of halogens is 1. The van der Waals surface area contributed by atoms with Crippen molar-refractivity contribution >= 4 is 57.4 Å². The number of hydrogen-bond acceptors (Lipinski definition) is 9. The minimum atomic E-state index is -0.907. The van der Waals surface area contributed by atoms with Gasteiger partial charge in [0, 0.05) is 22.7 Å². The van der Waals surface area contributed by atoms with Crippen molar-refractivity contribution in [2.45, 2.75) is 25.7 Å². The van der Waals surface area contributed by atoms with Crippen LogP contribution in [0.5, 0.6) is 0 Å². The maximum Gasteiger partial charge on any atom is 0.341 e. The maximum absolute atomic E-state index is 12.3. The number of nitrogens with one attached hydrogen (secondary N) is 2. The van der Waals surface area contributed by atoms with Crippen molar-refractivity contribution < 1.29 is 33.6 Å². The molecule has 0 aliphatic heterocycles. The first-order valence-electron chi connectivity index (χ1n) is 10.2. The average molecular weight is 510 g/mol. The normalized spacial score (nSPS) is 12.5. The van der Waals surface area contributed by atoms with Gasteiger partial charge in [0.1, 0.15) is 11.5 Å². The molecular weight excluding hydrogens is 490 g/mol. The van der Waals surface area contributed by atoms with E-state index < -0.39 is 41.8 Å². The number of non-ortho nitro benzene ring substituents is 1. The lowest BCUT2D eigenvalue weighted by Gasteiger charge is -2.09. The van der Waals surface area contributed by atoms with E-state index in [-0.39, 0.29) is 28.8 Å². The summed E-state index contributed by atoms with van der Waals surface area (Å²) in [6.07, 6.45) is 1.92. The summed E-state index contributed by atoms with van der Waals surface area (Å²) < 4.78 is 9.94. The van der Waals surface area contributed by atoms with E-state index >= 15 is 0 Å². The zero-order valence-electron chi connectivity index (χ0n) is 17.9. The number of carbonyl (C=O) groups is 4. The molecule has 1 aromatic carbocycles. The number of hydrogen-bond donors (Lipinski definition) is 2. The maximum atomic E-state index is 12.3. The van der Waals surface area contributed by atoms with Gasteiger partial charge in [0.25, 0.3) is 17.5 Å². The summed E-state index contributed by atoms with van der Waals surface area (Å²) in [4.78, 5) is 58.8. The summed E-state index contributed by atoms with van der Waals surface area (Å²) in [6.45, 7) is 0.658. The molecule has 3 rings (SSSR count). The molecule has 13 heteroatoms. The van der Waals surface area contributed by atoms with Gasteiger partial charge in [-0.15, -0.1) is 11.3 Å². The summed E-state index contributed by atoms with van der Waals surface area (Å²) in [5.74, 6) is -2.61. The highest BCUT2D eigenvalue weighted by atomic mass is 35.5. The number of nitro groups is 1. The van der Waals surface area contributed by atoms with Crippen molar-refractivity contribution in [3.8, 4) is 0 Å². The molecule has 180 valence electrons. The summed E-state index contributed by atoms with van der Waals surface area (Å²) >= 11 is 6.96. The second-order valence-electron chi connectivity index (χ2n) is 7.24. The van der Waals surface area contributed by atoms with Crippen LogP contribution in [0.1, 0.15) is 52.0 Å². The molecule has 0 saturated heterocycles. The number of carbonyl (C=O) groups excluding carboxylic acids is 4. The highest BCUT2D eigenvalue weighted by Crippen LogP contribution is 2.46. The van der Waals surface area contributed by atoms with Crippen LogP contribution in [0.25, 0.3) is 0 Å². The summed E-state index contributed by atoms with van der Waals surface area (Å²) in [6, 6.07) is 3.30. The second kappa shape index (κ2) is 11.1. The van der Waals surface area contributed by atoms with Crippen molar-refractivity contribution in [3.63, 3.8) is 0 Å². The molecule has 1 saturated carbocycles. The molecule has 11 nitrogen and oxygen atoms in total. The minimum absolute atomic E-state index is 0.0146. The molecule has 1 heterocycles. The fourth-order valence-corrected chi connectivity index (χ4v) is 4.27. The third-order valence-electron chi connectivity index (χ3n) is 4.68. The Balaban J connectivity index is 1.51. The van der Waals surface area contributed by atoms with E-state index in [0.29, 0.717) is 10.6 Å². The smallest absolute Gasteiger partial charge is 0.341 e. The summed E-state index contributed by atoms with van der Waals surface area (Å²) in [7, 11) is 0. The molecule has 0 unspecified atom stereocenters. The van der Waals surface area contributed by atoms with Gasteiger partial charge >= 0.3 is 11.9 Å². The van der Waals surface area contributed by atoms with Crippen molar-refractivity contribution in [2.24, 2.45) is 0 Å². The van der Waals surface area contributed by atoms with Gasteiger partial charge < -0.3 is 20.1 Å². The van der Waals surface area contributed by atoms with Gasteiger partial charge in [-0.1, -0.05) is 11.6 Å². The van der Waals surface area contributed by atoms with Crippen LogP contribution in [0, 0.1) is 10.1 Å². The van der Waals surface area contributed by atoms with Crippen LogP contribution in [-0.4, -0.2) is 48.4 Å². The van der Waals surface area contributed by atoms with Gasteiger partial charge in [-0.05, 0) is 42.7 Å². The standard InChI is InChI=1S/C21H20ClN3O8S/c1-2-32-21(29)18-15(11-3-4-11)10-34-20(18)24-16(26)9-33-17(27)8-23-19(28)12-5-13(22)7-14(6-12)25(30)31/h5-7,10-11H,2-4,8-9H2,1H3,(H,23,28)(H,24,26). The Labute approximate surface area is 202 Å². The van der Waals surface area contributed by atoms with Crippen LogP contribution in [0.3, 0.4) is 0 Å². The molecule has 1 aliphatic carbocycles. The molecule has 1 fully saturated rings. The monoisotopic (exact) mass is 509 g/mol. The lowest BCUT2D eigenvalue weighted by molar-refractivity contribution is -0.384. The molecule has 2 N–H and O–H groups in total. The topological polar surface area (TPSA) is 154 Å². The van der Waals surface area contributed by atoms with E-state index in [0.717, 1.165) is 30.5 Å². The fraction of sp³-hybridized carbons (Fsp3) is 0.333. The number of nitro benzene ring substituents is 1. The van der Waals surface area contributed by atoms with Gasteiger partial charge in [0.05, 0.1) is 17.1 Å². The number of benzene rings is 1. The number of ether oxygens (including phenoxy) is 2. The van der Waals surface area contributed by atoms with Crippen molar-refractivity contribution in [3.05, 3.63) is 55.4 Å². The van der Waals surface area contributed by atoms with E-state index in [1.807, 2.05) is 0 Å². The highest BCUT2D eigenvalue weighted by molar-refractivity contribution is 7.15. The van der Waals surface area contributed by atoms with Crippen molar-refractivity contribution in [1.82, 2.24) is 5.32 Å². The van der Waals surface area contributed by atoms with Crippen LogP contribution >= 0.6 is 22.9 Å². The first-order chi connectivity index (χ1) is 16.2. The Morgan fingerprint density at radius 1 is 1.21 bits per heavy atom. The van der Waals surface area contributed by atoms with Crippen molar-refractivity contribution in [2.75, 3.05) is 25.1 Å². The number of anilines is 1. The van der Waals surface area contributed by atoms with Crippen LogP contribution in [0.15, 0.2) is 23.6 Å². The Morgan fingerprint density at radius 2 is 1.94 bits per heavy atom. The molecule has 1 aliphatic rings. The molecule has 1 aromatic heterocycles. The van der Waals surface area contributed by atoms with Crippen molar-refractivity contribution in [1.29, 1.82) is 0 Å². The third-order valence-corrected chi connectivity index (χ3v) is 5.81. The lowest BCUT2D eigenvalue weighted by atomic mass is 10.1. The largest absolute Gasteiger partial charge is 0.462 e. The Bertz CT molecular complexity index is 1150. The van der Waals surface area contributed by atoms with E-state index in [9.17, 15) is 29.3 Å². The zero-order valence-corrected chi connectivity index (χ0v) is 19.5. The van der Waals surface area contributed by atoms with Crippen LogP contribution in [0.4, 0.5) is 10.7 Å². The quantitative estimate of drug-likeness (QED) is 0.281. The predicted molar refractivity (Wildman–Crippen MR) is 122 cm³/mol. The fourth-order valence-electron chi connectivity index (χ4n) is 3.00. The molecular formula is C21H20ClN3O8S. The highest BCUT2D eigenvalue weighted by Gasteiger charge is 2.32. The van der Waals surface area contributed by atoms with Crippen LogP contribution < -0.4 is 10.6 Å². The molecule has 2 aromatic rings. The van der Waals surface area contributed by atoms with Gasteiger partial charge in [-0.3, -0.25) is 24.5 Å². The Morgan fingerprint density at radius 3 is 2.59 bits per heavy atom. The number of amides is 2. The molecule has 0 spiro atoms. The molecule has 34 heavy (non-hydrogen) atoms. The number of esters is 2. The van der Waals surface area contributed by atoms with Gasteiger partial charge in [-0.2, -0.15) is 0 Å². The molecule has 0 bridgehead atoms. The zero-order chi connectivity index (χ0) is 24.8. The van der Waals surface area contributed by atoms with Gasteiger partial charge in [0.2, 0.25) is 0 Å². The molecule has 0 radical (unpaired) electrons. The summed E-state index contributed by atoms with van der Waals surface area (Å²) in [5.41, 5.74) is 0.662. The number of thiophene rings is 1. The Kier molecular flexibility index (Phi) is 8.18. The minimum Gasteiger partial charge on any atom is -0.462 e. The average Bonchev–Trinajstić information content (AvgIpc) is 3.55. The molecule has 0 atom stereocenters. The summed E-state index contributed by atoms with van der Waals surface area (Å²) in [5, 5.41) is 17.8. The first kappa shape index (κ1) is 25.1. The number of nitrogens with zero attached hydrogens (tertiary/aromatic N) is 1.